The number of unbranched alkanes of at least 4 members (excludes halogenated alkanes) is 1. The molecule has 2 aromatic carbocycles. The number of amides is 1. The van der Waals surface area contributed by atoms with E-state index in [1.165, 1.54) is 16.6 Å². The van der Waals surface area contributed by atoms with Gasteiger partial charge in [-0.15, -0.1) is 0 Å². The number of nitrogen functional groups attached to an aromatic ring is 1. The number of aromatic amines is 1. The van der Waals surface area contributed by atoms with Crippen molar-refractivity contribution in [1.29, 1.82) is 0 Å². The molecule has 1 amide bonds. The summed E-state index contributed by atoms with van der Waals surface area (Å²) in [5.74, 6) is 0.103. The number of hydrogen-bond acceptors (Lipinski definition) is 5. The summed E-state index contributed by atoms with van der Waals surface area (Å²) in [5.41, 5.74) is 6.99. The van der Waals surface area contributed by atoms with Gasteiger partial charge in [0, 0.05) is 12.1 Å². The van der Waals surface area contributed by atoms with E-state index < -0.39 is 17.2 Å². The zero-order chi connectivity index (χ0) is 23.3. The molecule has 0 saturated heterocycles. The number of carbonyl (C=O) groups excluding carboxylic acids is 1. The van der Waals surface area contributed by atoms with Gasteiger partial charge in [-0.2, -0.15) is 0 Å². The SMILES string of the molecule is CCCCn1c(N)c(N(Cc2ccccc2)C(=O)c2ccc(C)c(OC)c2)c(=O)[nH]c1=O. The molecular formula is C24H28N4O4. The number of nitrogens with two attached hydrogens (primary N) is 1. The molecule has 8 nitrogen and oxygen atoms in total. The number of H-pyrrole nitrogens is 1. The highest BCUT2D eigenvalue weighted by Gasteiger charge is 2.26. The molecule has 3 N–H and O–H groups in total. The number of methoxy groups -OCH3 is 1. The minimum atomic E-state index is -0.705. The summed E-state index contributed by atoms with van der Waals surface area (Å²) in [6.07, 6.45) is 1.55. The van der Waals surface area contributed by atoms with Gasteiger partial charge in [0.1, 0.15) is 11.6 Å². The van der Waals surface area contributed by atoms with E-state index >= 15 is 0 Å². The zero-order valence-corrected chi connectivity index (χ0v) is 18.6. The van der Waals surface area contributed by atoms with E-state index in [2.05, 4.69) is 4.98 Å². The number of nitrogens with zero attached hydrogens (tertiary/aromatic N) is 2. The molecule has 0 aliphatic rings. The van der Waals surface area contributed by atoms with Crippen LogP contribution >= 0.6 is 0 Å². The van der Waals surface area contributed by atoms with Gasteiger partial charge < -0.3 is 10.5 Å². The highest BCUT2D eigenvalue weighted by atomic mass is 16.5. The lowest BCUT2D eigenvalue weighted by Gasteiger charge is -2.25. The first-order valence-corrected chi connectivity index (χ1v) is 10.5. The van der Waals surface area contributed by atoms with E-state index in [-0.39, 0.29) is 18.1 Å². The van der Waals surface area contributed by atoms with Crippen LogP contribution < -0.4 is 26.6 Å². The average molecular weight is 437 g/mol. The summed E-state index contributed by atoms with van der Waals surface area (Å²) in [7, 11) is 1.53. The number of nitrogens with one attached hydrogen (secondary N) is 1. The Balaban J connectivity index is 2.17. The van der Waals surface area contributed by atoms with E-state index in [9.17, 15) is 14.4 Å². The third-order valence-electron chi connectivity index (χ3n) is 5.30. The molecule has 0 unspecified atom stereocenters. The standard InChI is InChI=1S/C24H28N4O4/c1-4-5-13-27-21(25)20(22(29)26-24(27)31)28(15-17-9-7-6-8-10-17)23(30)18-12-11-16(2)19(14-18)32-3/h6-12,14H,4-5,13,15,25H2,1-3H3,(H,26,29,31). The van der Waals surface area contributed by atoms with Gasteiger partial charge in [-0.1, -0.05) is 49.7 Å². The first-order chi connectivity index (χ1) is 15.4. The van der Waals surface area contributed by atoms with Gasteiger partial charge in [0.15, 0.2) is 5.69 Å². The third kappa shape index (κ3) is 4.74. The fourth-order valence-corrected chi connectivity index (χ4v) is 3.50. The van der Waals surface area contributed by atoms with E-state index in [1.54, 1.807) is 18.2 Å². The molecule has 0 atom stereocenters. The molecular weight excluding hydrogens is 408 g/mol. The molecule has 8 heteroatoms. The molecule has 0 saturated carbocycles. The summed E-state index contributed by atoms with van der Waals surface area (Å²) in [6.45, 7) is 4.32. The Morgan fingerprint density at radius 1 is 1.16 bits per heavy atom. The van der Waals surface area contributed by atoms with Crippen molar-refractivity contribution in [2.75, 3.05) is 17.7 Å². The van der Waals surface area contributed by atoms with Gasteiger partial charge in [0.05, 0.1) is 13.7 Å². The first kappa shape index (κ1) is 22.9. The minimum absolute atomic E-state index is 0.0319. The molecule has 0 bridgehead atoms. The van der Waals surface area contributed by atoms with E-state index in [1.807, 2.05) is 44.2 Å². The molecule has 3 aromatic rings. The Hall–Kier alpha value is -3.81. The van der Waals surface area contributed by atoms with Crippen LogP contribution in [0, 0.1) is 6.92 Å². The first-order valence-electron chi connectivity index (χ1n) is 10.5. The van der Waals surface area contributed by atoms with Crippen molar-refractivity contribution in [3.8, 4) is 5.75 Å². The summed E-state index contributed by atoms with van der Waals surface area (Å²) in [6, 6.07) is 14.4. The number of anilines is 2. The van der Waals surface area contributed by atoms with Gasteiger partial charge in [-0.3, -0.25) is 24.0 Å². The molecule has 1 aromatic heterocycles. The second-order valence-electron chi connectivity index (χ2n) is 7.56. The minimum Gasteiger partial charge on any atom is -0.496 e. The molecule has 0 spiro atoms. The zero-order valence-electron chi connectivity index (χ0n) is 18.6. The van der Waals surface area contributed by atoms with Crippen molar-refractivity contribution in [3.63, 3.8) is 0 Å². The van der Waals surface area contributed by atoms with Crippen LogP contribution in [0.1, 0.15) is 41.3 Å². The molecule has 3 rings (SSSR count). The van der Waals surface area contributed by atoms with Gasteiger partial charge >= 0.3 is 5.69 Å². The van der Waals surface area contributed by atoms with Crippen LogP contribution in [0.15, 0.2) is 58.1 Å². The van der Waals surface area contributed by atoms with Crippen LogP contribution in [0.25, 0.3) is 0 Å². The predicted octanol–water partition coefficient (Wildman–Crippen LogP) is 3.08. The summed E-state index contributed by atoms with van der Waals surface area (Å²) < 4.78 is 6.66. The number of ether oxygens (including phenoxy) is 1. The van der Waals surface area contributed by atoms with Gasteiger partial charge in [0.2, 0.25) is 0 Å². The van der Waals surface area contributed by atoms with Crippen LogP contribution in [0.3, 0.4) is 0 Å². The second kappa shape index (κ2) is 10.00. The van der Waals surface area contributed by atoms with Gasteiger partial charge in [-0.05, 0) is 36.6 Å². The number of rotatable bonds is 8. The van der Waals surface area contributed by atoms with E-state index in [4.69, 9.17) is 10.5 Å². The third-order valence-corrected chi connectivity index (χ3v) is 5.30. The average Bonchev–Trinajstić information content (AvgIpc) is 2.78. The smallest absolute Gasteiger partial charge is 0.330 e. The molecule has 0 fully saturated rings. The molecule has 0 aliphatic heterocycles. The Bertz CT molecular complexity index is 1210. The topological polar surface area (TPSA) is 110 Å². The van der Waals surface area contributed by atoms with Crippen LogP contribution in [-0.4, -0.2) is 22.6 Å². The lowest BCUT2D eigenvalue weighted by Crippen LogP contribution is -2.41. The normalized spacial score (nSPS) is 10.7. The quantitative estimate of drug-likeness (QED) is 0.564. The van der Waals surface area contributed by atoms with E-state index in [0.29, 0.717) is 24.3 Å². The van der Waals surface area contributed by atoms with E-state index in [0.717, 1.165) is 17.5 Å². The van der Waals surface area contributed by atoms with Crippen LogP contribution in [0.5, 0.6) is 5.75 Å². The van der Waals surface area contributed by atoms with Crippen molar-refractivity contribution in [3.05, 3.63) is 86.1 Å². The van der Waals surface area contributed by atoms with Crippen molar-refractivity contribution >= 4 is 17.4 Å². The summed E-state index contributed by atoms with van der Waals surface area (Å²) in [5, 5.41) is 0. The maximum atomic E-state index is 13.6. The van der Waals surface area contributed by atoms with Crippen molar-refractivity contribution in [2.24, 2.45) is 0 Å². The van der Waals surface area contributed by atoms with Crippen molar-refractivity contribution < 1.29 is 9.53 Å². The Kier molecular flexibility index (Phi) is 7.14. The Morgan fingerprint density at radius 3 is 2.53 bits per heavy atom. The molecule has 0 aliphatic carbocycles. The predicted molar refractivity (Wildman–Crippen MR) is 125 cm³/mol. The van der Waals surface area contributed by atoms with Gasteiger partial charge in [-0.25, -0.2) is 4.79 Å². The lowest BCUT2D eigenvalue weighted by atomic mass is 10.1. The van der Waals surface area contributed by atoms with Crippen molar-refractivity contribution in [2.45, 2.75) is 39.8 Å². The largest absolute Gasteiger partial charge is 0.496 e. The fourth-order valence-electron chi connectivity index (χ4n) is 3.50. The number of carbonyl (C=O) groups is 1. The monoisotopic (exact) mass is 436 g/mol. The van der Waals surface area contributed by atoms with Crippen molar-refractivity contribution in [1.82, 2.24) is 9.55 Å². The molecule has 168 valence electrons. The van der Waals surface area contributed by atoms with Crippen LogP contribution in [0.4, 0.5) is 11.5 Å². The number of aryl methyl sites for hydroxylation is 1. The lowest BCUT2D eigenvalue weighted by molar-refractivity contribution is 0.0984. The highest BCUT2D eigenvalue weighted by molar-refractivity contribution is 6.07. The number of aromatic nitrogens is 2. The maximum Gasteiger partial charge on any atom is 0.330 e. The number of hydrogen-bond donors (Lipinski definition) is 2. The number of benzene rings is 2. The Labute approximate surface area is 186 Å². The fraction of sp³-hybridized carbons (Fsp3) is 0.292. The maximum absolute atomic E-state index is 13.6. The Morgan fingerprint density at radius 2 is 1.88 bits per heavy atom. The molecule has 1 heterocycles. The highest BCUT2D eigenvalue weighted by Crippen LogP contribution is 2.25. The second-order valence-corrected chi connectivity index (χ2v) is 7.56. The molecule has 32 heavy (non-hydrogen) atoms. The summed E-state index contributed by atoms with van der Waals surface area (Å²) in [4.78, 5) is 42.5. The van der Waals surface area contributed by atoms with Gasteiger partial charge in [0.25, 0.3) is 11.5 Å². The summed E-state index contributed by atoms with van der Waals surface area (Å²) >= 11 is 0. The van der Waals surface area contributed by atoms with Crippen LogP contribution in [0.2, 0.25) is 0 Å². The molecule has 0 radical (unpaired) electrons. The van der Waals surface area contributed by atoms with Crippen LogP contribution in [-0.2, 0) is 13.1 Å².